The molecule has 0 aromatic heterocycles. The van der Waals surface area contributed by atoms with Crippen molar-refractivity contribution in [1.29, 1.82) is 0 Å². The maximum atomic E-state index is 5.89. The van der Waals surface area contributed by atoms with Crippen molar-refractivity contribution in [3.63, 3.8) is 0 Å². The molecule has 3 rings (SSSR count). The van der Waals surface area contributed by atoms with Crippen LogP contribution in [-0.4, -0.2) is 19.8 Å². The van der Waals surface area contributed by atoms with Crippen molar-refractivity contribution in [2.24, 2.45) is 0 Å². The second-order valence-corrected chi connectivity index (χ2v) is 8.16. The van der Waals surface area contributed by atoms with E-state index in [1.165, 1.54) is 11.1 Å². The molecule has 0 aliphatic carbocycles. The molecule has 0 heterocycles. The molecule has 0 saturated carbocycles. The molecule has 0 atom stereocenters. The van der Waals surface area contributed by atoms with Gasteiger partial charge in [-0.05, 0) is 40.8 Å². The summed E-state index contributed by atoms with van der Waals surface area (Å²) in [6, 6.07) is 26.8. The molecule has 29 heavy (non-hydrogen) atoms. The lowest BCUT2D eigenvalue weighted by molar-refractivity contribution is 0.322. The van der Waals surface area contributed by atoms with Crippen LogP contribution >= 0.6 is 0 Å². The van der Waals surface area contributed by atoms with Crippen LogP contribution in [0.4, 0.5) is 5.69 Å². The molecule has 1 N–H and O–H groups in total. The Bertz CT molecular complexity index is 867. The highest BCUT2D eigenvalue weighted by Gasteiger charge is 2.12. The van der Waals surface area contributed by atoms with Crippen LogP contribution in [0.5, 0.6) is 11.5 Å². The van der Waals surface area contributed by atoms with Gasteiger partial charge in [0.15, 0.2) is 0 Å². The van der Waals surface area contributed by atoms with Gasteiger partial charge in [0.1, 0.15) is 18.1 Å². The molecular weight excluding hydrogens is 358 g/mol. The summed E-state index contributed by atoms with van der Waals surface area (Å²) >= 11 is 0. The SMILES string of the molecule is CC(C)(C)c1ccc(OCCNc2cccc(OCCc3ccccc3)c2)cc1. The summed E-state index contributed by atoms with van der Waals surface area (Å²) in [5.41, 5.74) is 3.80. The summed E-state index contributed by atoms with van der Waals surface area (Å²) in [5.74, 6) is 1.78. The fourth-order valence-corrected chi connectivity index (χ4v) is 3.04. The van der Waals surface area contributed by atoms with Gasteiger partial charge in [-0.3, -0.25) is 0 Å². The van der Waals surface area contributed by atoms with E-state index in [2.05, 4.69) is 62.5 Å². The average molecular weight is 390 g/mol. The van der Waals surface area contributed by atoms with Crippen LogP contribution in [0.3, 0.4) is 0 Å². The molecule has 0 unspecified atom stereocenters. The van der Waals surface area contributed by atoms with E-state index in [1.807, 2.05) is 42.5 Å². The third-order valence-corrected chi connectivity index (χ3v) is 4.76. The van der Waals surface area contributed by atoms with Crippen molar-refractivity contribution in [3.8, 4) is 11.5 Å². The molecule has 152 valence electrons. The first-order chi connectivity index (χ1) is 14.0. The van der Waals surface area contributed by atoms with Crippen molar-refractivity contribution in [2.45, 2.75) is 32.6 Å². The van der Waals surface area contributed by atoms with Crippen molar-refractivity contribution < 1.29 is 9.47 Å². The van der Waals surface area contributed by atoms with Gasteiger partial charge in [-0.25, -0.2) is 0 Å². The number of hydrogen-bond donors (Lipinski definition) is 1. The van der Waals surface area contributed by atoms with E-state index in [9.17, 15) is 0 Å². The molecule has 0 radical (unpaired) electrons. The monoisotopic (exact) mass is 389 g/mol. The molecule has 3 nitrogen and oxygen atoms in total. The Kier molecular flexibility index (Phi) is 7.18. The molecule has 0 bridgehead atoms. The molecule has 0 fully saturated rings. The van der Waals surface area contributed by atoms with Gasteiger partial charge in [-0.1, -0.05) is 69.3 Å². The molecule has 0 aliphatic rings. The molecule has 3 heteroatoms. The molecule has 0 aliphatic heterocycles. The molecule has 3 aromatic rings. The Hall–Kier alpha value is -2.94. The van der Waals surface area contributed by atoms with E-state index >= 15 is 0 Å². The van der Waals surface area contributed by atoms with Gasteiger partial charge >= 0.3 is 0 Å². The van der Waals surface area contributed by atoms with Crippen LogP contribution in [-0.2, 0) is 11.8 Å². The number of rotatable bonds is 9. The summed E-state index contributed by atoms with van der Waals surface area (Å²) in [7, 11) is 0. The third kappa shape index (κ3) is 6.86. The van der Waals surface area contributed by atoms with Crippen LogP contribution in [0.2, 0.25) is 0 Å². The highest BCUT2D eigenvalue weighted by Crippen LogP contribution is 2.24. The maximum Gasteiger partial charge on any atom is 0.121 e. The summed E-state index contributed by atoms with van der Waals surface area (Å²) in [6.45, 7) is 8.65. The van der Waals surface area contributed by atoms with E-state index in [4.69, 9.17) is 9.47 Å². The van der Waals surface area contributed by atoms with Gasteiger partial charge in [0.05, 0.1) is 6.61 Å². The lowest BCUT2D eigenvalue weighted by Crippen LogP contribution is -2.12. The minimum Gasteiger partial charge on any atom is -0.493 e. The molecule has 0 amide bonds. The zero-order valence-corrected chi connectivity index (χ0v) is 17.7. The zero-order chi connectivity index (χ0) is 20.5. The number of ether oxygens (including phenoxy) is 2. The lowest BCUT2D eigenvalue weighted by Gasteiger charge is -2.19. The van der Waals surface area contributed by atoms with Crippen LogP contribution in [0.25, 0.3) is 0 Å². The van der Waals surface area contributed by atoms with Crippen molar-refractivity contribution in [1.82, 2.24) is 0 Å². The van der Waals surface area contributed by atoms with E-state index in [1.54, 1.807) is 0 Å². The Morgan fingerprint density at radius 2 is 1.45 bits per heavy atom. The predicted octanol–water partition coefficient (Wildman–Crippen LogP) is 6.10. The smallest absolute Gasteiger partial charge is 0.121 e. The largest absolute Gasteiger partial charge is 0.493 e. The van der Waals surface area contributed by atoms with Gasteiger partial charge in [0.2, 0.25) is 0 Å². The van der Waals surface area contributed by atoms with Crippen LogP contribution < -0.4 is 14.8 Å². The second-order valence-electron chi connectivity index (χ2n) is 8.16. The maximum absolute atomic E-state index is 5.89. The van der Waals surface area contributed by atoms with Gasteiger partial charge in [0, 0.05) is 24.7 Å². The Balaban J connectivity index is 1.40. The minimum atomic E-state index is 0.161. The first kappa shape index (κ1) is 20.8. The number of benzene rings is 3. The minimum absolute atomic E-state index is 0.161. The topological polar surface area (TPSA) is 30.5 Å². The Labute approximate surface area is 174 Å². The molecular formula is C26H31NO2. The van der Waals surface area contributed by atoms with E-state index < -0.39 is 0 Å². The number of nitrogens with one attached hydrogen (secondary N) is 1. The Morgan fingerprint density at radius 1 is 0.724 bits per heavy atom. The van der Waals surface area contributed by atoms with Crippen LogP contribution in [0.15, 0.2) is 78.9 Å². The van der Waals surface area contributed by atoms with Crippen molar-refractivity contribution >= 4 is 5.69 Å². The van der Waals surface area contributed by atoms with Crippen LogP contribution in [0.1, 0.15) is 31.9 Å². The van der Waals surface area contributed by atoms with Crippen molar-refractivity contribution in [2.75, 3.05) is 25.1 Å². The van der Waals surface area contributed by atoms with Crippen LogP contribution in [0, 0.1) is 0 Å². The van der Waals surface area contributed by atoms with E-state index in [0.717, 1.165) is 30.2 Å². The summed E-state index contributed by atoms with van der Waals surface area (Å²) in [4.78, 5) is 0. The zero-order valence-electron chi connectivity index (χ0n) is 17.7. The summed E-state index contributed by atoms with van der Waals surface area (Å²) in [6.07, 6.45) is 0.903. The average Bonchev–Trinajstić information content (AvgIpc) is 2.72. The van der Waals surface area contributed by atoms with E-state index in [0.29, 0.717) is 13.2 Å². The summed E-state index contributed by atoms with van der Waals surface area (Å²) in [5, 5.41) is 3.39. The first-order valence-corrected chi connectivity index (χ1v) is 10.2. The highest BCUT2D eigenvalue weighted by atomic mass is 16.5. The van der Waals surface area contributed by atoms with Gasteiger partial charge in [-0.15, -0.1) is 0 Å². The summed E-state index contributed by atoms with van der Waals surface area (Å²) < 4.78 is 11.7. The fourth-order valence-electron chi connectivity index (χ4n) is 3.04. The highest BCUT2D eigenvalue weighted by molar-refractivity contribution is 5.48. The molecule has 0 spiro atoms. The predicted molar refractivity (Wildman–Crippen MR) is 121 cm³/mol. The first-order valence-electron chi connectivity index (χ1n) is 10.2. The standard InChI is InChI=1S/C26H31NO2/c1-26(2,3)22-12-14-24(15-13-22)29-19-17-27-23-10-7-11-25(20-23)28-18-16-21-8-5-4-6-9-21/h4-15,20,27H,16-19H2,1-3H3. The van der Waals surface area contributed by atoms with Crippen molar-refractivity contribution in [3.05, 3.63) is 90.0 Å². The molecule has 3 aromatic carbocycles. The quantitative estimate of drug-likeness (QED) is 0.449. The number of hydrogen-bond acceptors (Lipinski definition) is 3. The normalized spacial score (nSPS) is 11.1. The fraction of sp³-hybridized carbons (Fsp3) is 0.308. The third-order valence-electron chi connectivity index (χ3n) is 4.76. The van der Waals surface area contributed by atoms with Gasteiger partial charge in [0.25, 0.3) is 0 Å². The van der Waals surface area contributed by atoms with Gasteiger partial charge in [-0.2, -0.15) is 0 Å². The Morgan fingerprint density at radius 3 is 2.17 bits per heavy atom. The molecule has 0 saturated heterocycles. The van der Waals surface area contributed by atoms with E-state index in [-0.39, 0.29) is 5.41 Å². The lowest BCUT2D eigenvalue weighted by atomic mass is 9.87. The number of anilines is 1. The van der Waals surface area contributed by atoms with Gasteiger partial charge < -0.3 is 14.8 Å². The second kappa shape index (κ2) is 10.0.